The van der Waals surface area contributed by atoms with Gasteiger partial charge in [-0.15, -0.1) is 11.6 Å². The second-order valence-electron chi connectivity index (χ2n) is 2.63. The van der Waals surface area contributed by atoms with Crippen LogP contribution in [-0.2, 0) is 0 Å². The molecule has 0 saturated heterocycles. The van der Waals surface area contributed by atoms with Crippen molar-refractivity contribution in [3.05, 3.63) is 0 Å². The second kappa shape index (κ2) is 5.99. The summed E-state index contributed by atoms with van der Waals surface area (Å²) in [5, 5.41) is 9.27. The van der Waals surface area contributed by atoms with E-state index < -0.39 is 0 Å². The Hall–Kier alpha value is 0.250. The molecule has 0 bridgehead atoms. The molecule has 62 valence electrons. The average molecular weight is 165 g/mol. The summed E-state index contributed by atoms with van der Waals surface area (Å²) in [5.74, 6) is 0. The van der Waals surface area contributed by atoms with Gasteiger partial charge in [0.1, 0.15) is 0 Å². The lowest BCUT2D eigenvalue weighted by atomic mass is 10.1. The fourth-order valence-electron chi connectivity index (χ4n) is 0.866. The first-order chi connectivity index (χ1) is 4.72. The molecular weight excluding hydrogens is 148 g/mol. The van der Waals surface area contributed by atoms with Crippen molar-refractivity contribution >= 4 is 11.6 Å². The topological polar surface area (TPSA) is 20.2 Å². The third-order valence-electron chi connectivity index (χ3n) is 1.66. The molecule has 0 saturated carbocycles. The van der Waals surface area contributed by atoms with Crippen LogP contribution in [0.2, 0.25) is 0 Å². The van der Waals surface area contributed by atoms with Gasteiger partial charge in [0, 0.05) is 0 Å². The molecule has 0 amide bonds. The van der Waals surface area contributed by atoms with Gasteiger partial charge < -0.3 is 5.11 Å². The van der Waals surface area contributed by atoms with Gasteiger partial charge in [-0.25, -0.2) is 0 Å². The normalized spacial score (nSPS) is 16.8. The number of hydrogen-bond acceptors (Lipinski definition) is 1. The molecule has 0 aromatic heterocycles. The van der Waals surface area contributed by atoms with Gasteiger partial charge in [0.15, 0.2) is 0 Å². The molecule has 0 unspecified atom stereocenters. The highest BCUT2D eigenvalue weighted by Crippen LogP contribution is 2.12. The van der Waals surface area contributed by atoms with Gasteiger partial charge in [-0.1, -0.05) is 26.7 Å². The van der Waals surface area contributed by atoms with Crippen LogP contribution in [0.5, 0.6) is 0 Å². The monoisotopic (exact) mass is 164 g/mol. The van der Waals surface area contributed by atoms with E-state index in [-0.39, 0.29) is 11.5 Å². The van der Waals surface area contributed by atoms with E-state index in [9.17, 15) is 5.11 Å². The standard InChI is InChI=1S/C8H17ClO/c1-3-5-6-8(10)7(9)4-2/h7-8,10H,3-6H2,1-2H3/t7-,8+/m0/s1. The fourth-order valence-corrected chi connectivity index (χ4v) is 0.992. The van der Waals surface area contributed by atoms with Gasteiger partial charge >= 0.3 is 0 Å². The molecule has 1 nitrogen and oxygen atoms in total. The third-order valence-corrected chi connectivity index (χ3v) is 2.26. The Balaban J connectivity index is 3.31. The first kappa shape index (κ1) is 10.2. The van der Waals surface area contributed by atoms with Crippen LogP contribution >= 0.6 is 11.6 Å². The second-order valence-corrected chi connectivity index (χ2v) is 3.19. The first-order valence-corrected chi connectivity index (χ1v) is 4.48. The Kier molecular flexibility index (Phi) is 6.14. The molecule has 0 aromatic carbocycles. The maximum absolute atomic E-state index is 9.32. The van der Waals surface area contributed by atoms with Crippen molar-refractivity contribution < 1.29 is 5.11 Å². The fraction of sp³-hybridized carbons (Fsp3) is 1.00. The summed E-state index contributed by atoms with van der Waals surface area (Å²) in [5.41, 5.74) is 0. The lowest BCUT2D eigenvalue weighted by Crippen LogP contribution is -2.19. The summed E-state index contributed by atoms with van der Waals surface area (Å²) in [4.78, 5) is 0. The number of aliphatic hydroxyl groups excluding tert-OH is 1. The highest BCUT2D eigenvalue weighted by molar-refractivity contribution is 6.20. The van der Waals surface area contributed by atoms with Crippen molar-refractivity contribution in [1.82, 2.24) is 0 Å². The molecule has 10 heavy (non-hydrogen) atoms. The van der Waals surface area contributed by atoms with E-state index >= 15 is 0 Å². The van der Waals surface area contributed by atoms with Gasteiger partial charge in [0.25, 0.3) is 0 Å². The Bertz CT molecular complexity index is 75.7. The van der Waals surface area contributed by atoms with Gasteiger partial charge in [-0.05, 0) is 12.8 Å². The molecule has 0 aliphatic carbocycles. The number of unbranched alkanes of at least 4 members (excludes halogenated alkanes) is 1. The lowest BCUT2D eigenvalue weighted by molar-refractivity contribution is 0.154. The van der Waals surface area contributed by atoms with E-state index in [1.807, 2.05) is 6.92 Å². The Morgan fingerprint density at radius 2 is 2.00 bits per heavy atom. The number of rotatable bonds is 5. The zero-order valence-corrected chi connectivity index (χ0v) is 7.56. The van der Waals surface area contributed by atoms with Crippen molar-refractivity contribution in [1.29, 1.82) is 0 Å². The molecule has 0 aromatic rings. The predicted octanol–water partition coefficient (Wildman–Crippen LogP) is 2.55. The molecule has 1 N–H and O–H groups in total. The van der Waals surface area contributed by atoms with Gasteiger partial charge in [0.05, 0.1) is 11.5 Å². The van der Waals surface area contributed by atoms with Crippen LogP contribution in [0.3, 0.4) is 0 Å². The van der Waals surface area contributed by atoms with Crippen molar-refractivity contribution in [3.63, 3.8) is 0 Å². The number of halogens is 1. The summed E-state index contributed by atoms with van der Waals surface area (Å²) in [6.45, 7) is 4.11. The minimum absolute atomic E-state index is 0.0495. The van der Waals surface area contributed by atoms with Gasteiger partial charge in [0.2, 0.25) is 0 Å². The molecule has 2 heteroatoms. The average Bonchev–Trinajstić information content (AvgIpc) is 1.98. The summed E-state index contributed by atoms with van der Waals surface area (Å²) >= 11 is 5.80. The summed E-state index contributed by atoms with van der Waals surface area (Å²) < 4.78 is 0. The van der Waals surface area contributed by atoms with Crippen molar-refractivity contribution in [3.8, 4) is 0 Å². The van der Waals surface area contributed by atoms with Crippen molar-refractivity contribution in [2.24, 2.45) is 0 Å². The van der Waals surface area contributed by atoms with E-state index in [2.05, 4.69) is 6.92 Å². The molecule has 2 atom stereocenters. The SMILES string of the molecule is CCCC[C@@H](O)[C@@H](Cl)CC. The van der Waals surface area contributed by atoms with Crippen LogP contribution in [0.25, 0.3) is 0 Å². The lowest BCUT2D eigenvalue weighted by Gasteiger charge is -2.13. The van der Waals surface area contributed by atoms with Gasteiger partial charge in [-0.3, -0.25) is 0 Å². The van der Waals surface area contributed by atoms with E-state index in [1.54, 1.807) is 0 Å². The zero-order chi connectivity index (χ0) is 7.98. The molecule has 0 heterocycles. The third kappa shape index (κ3) is 4.13. The predicted molar refractivity (Wildman–Crippen MR) is 45.5 cm³/mol. The molecule has 0 aliphatic heterocycles. The molecular formula is C8H17ClO. The highest BCUT2D eigenvalue weighted by atomic mass is 35.5. The van der Waals surface area contributed by atoms with Crippen molar-refractivity contribution in [2.75, 3.05) is 0 Å². The van der Waals surface area contributed by atoms with Crippen LogP contribution in [0, 0.1) is 0 Å². The zero-order valence-electron chi connectivity index (χ0n) is 6.81. The first-order valence-electron chi connectivity index (χ1n) is 4.04. The maximum Gasteiger partial charge on any atom is 0.0703 e. The van der Waals surface area contributed by atoms with Crippen LogP contribution in [0.1, 0.15) is 39.5 Å². The molecule has 0 spiro atoms. The quantitative estimate of drug-likeness (QED) is 0.620. The van der Waals surface area contributed by atoms with E-state index in [0.29, 0.717) is 0 Å². The summed E-state index contributed by atoms with van der Waals surface area (Å²) in [6.07, 6.45) is 3.60. The Morgan fingerprint density at radius 3 is 2.40 bits per heavy atom. The number of aliphatic hydroxyl groups is 1. The number of hydrogen-bond donors (Lipinski definition) is 1. The summed E-state index contributed by atoms with van der Waals surface area (Å²) in [6, 6.07) is 0. The van der Waals surface area contributed by atoms with Crippen LogP contribution < -0.4 is 0 Å². The Morgan fingerprint density at radius 1 is 1.40 bits per heavy atom. The number of alkyl halides is 1. The summed E-state index contributed by atoms with van der Waals surface area (Å²) in [7, 11) is 0. The Labute approximate surface area is 68.4 Å². The van der Waals surface area contributed by atoms with Crippen LogP contribution in [-0.4, -0.2) is 16.6 Å². The minimum Gasteiger partial charge on any atom is -0.392 e. The molecule has 0 rings (SSSR count). The van der Waals surface area contributed by atoms with Gasteiger partial charge in [-0.2, -0.15) is 0 Å². The van der Waals surface area contributed by atoms with Crippen molar-refractivity contribution in [2.45, 2.75) is 51.0 Å². The molecule has 0 aliphatic rings. The van der Waals surface area contributed by atoms with E-state index in [0.717, 1.165) is 25.7 Å². The molecule has 0 radical (unpaired) electrons. The highest BCUT2D eigenvalue weighted by Gasteiger charge is 2.12. The minimum atomic E-state index is -0.299. The van der Waals surface area contributed by atoms with E-state index in [4.69, 9.17) is 11.6 Å². The van der Waals surface area contributed by atoms with E-state index in [1.165, 1.54) is 0 Å². The molecule has 0 fully saturated rings. The largest absolute Gasteiger partial charge is 0.392 e. The van der Waals surface area contributed by atoms with Crippen LogP contribution in [0.15, 0.2) is 0 Å². The van der Waals surface area contributed by atoms with Crippen LogP contribution in [0.4, 0.5) is 0 Å². The maximum atomic E-state index is 9.32. The smallest absolute Gasteiger partial charge is 0.0703 e.